The third kappa shape index (κ3) is 1.38. The molecule has 54 valence electrons. The molecule has 2 atom stereocenters. The molecule has 1 aliphatic rings. The van der Waals surface area contributed by atoms with E-state index >= 15 is 0 Å². The summed E-state index contributed by atoms with van der Waals surface area (Å²) in [4.78, 5) is 0. The SMILES string of the molecule is OCC1C[C@H](F)CN1O. The van der Waals surface area contributed by atoms with Gasteiger partial charge in [-0.25, -0.2) is 4.39 Å². The monoisotopic (exact) mass is 135 g/mol. The first-order valence-electron chi connectivity index (χ1n) is 2.94. The topological polar surface area (TPSA) is 43.7 Å². The molecule has 0 aromatic carbocycles. The lowest BCUT2D eigenvalue weighted by Crippen LogP contribution is -2.28. The predicted molar refractivity (Wildman–Crippen MR) is 28.9 cm³/mol. The van der Waals surface area contributed by atoms with E-state index < -0.39 is 6.17 Å². The van der Waals surface area contributed by atoms with Gasteiger partial charge in [0.15, 0.2) is 0 Å². The second-order valence-corrected chi connectivity index (χ2v) is 2.29. The second kappa shape index (κ2) is 2.60. The molecule has 9 heavy (non-hydrogen) atoms. The first-order valence-corrected chi connectivity index (χ1v) is 2.94. The van der Waals surface area contributed by atoms with Crippen molar-refractivity contribution in [1.29, 1.82) is 0 Å². The third-order valence-electron chi connectivity index (χ3n) is 1.55. The van der Waals surface area contributed by atoms with Crippen LogP contribution < -0.4 is 0 Å². The molecule has 2 N–H and O–H groups in total. The van der Waals surface area contributed by atoms with Crippen molar-refractivity contribution in [3.63, 3.8) is 0 Å². The number of aliphatic hydroxyl groups is 1. The molecule has 1 saturated heterocycles. The Labute approximate surface area is 52.7 Å². The van der Waals surface area contributed by atoms with Crippen LogP contribution >= 0.6 is 0 Å². The van der Waals surface area contributed by atoms with Gasteiger partial charge in [0.2, 0.25) is 0 Å². The lowest BCUT2D eigenvalue weighted by atomic mass is 10.2. The van der Waals surface area contributed by atoms with E-state index in [0.717, 1.165) is 5.06 Å². The standard InChI is InChI=1S/C5H10FNO2/c6-4-1-5(3-8)7(9)2-4/h4-5,8-9H,1-3H2/t4-,5?/m0/s1. The molecule has 4 heteroatoms. The summed E-state index contributed by atoms with van der Waals surface area (Å²) in [6.07, 6.45) is -0.736. The first-order chi connectivity index (χ1) is 4.24. The Balaban J connectivity index is 2.38. The summed E-state index contributed by atoms with van der Waals surface area (Å²) in [5, 5.41) is 18.1. The Morgan fingerprint density at radius 3 is 2.56 bits per heavy atom. The fraction of sp³-hybridized carbons (Fsp3) is 1.00. The summed E-state index contributed by atoms with van der Waals surface area (Å²) in [7, 11) is 0. The molecule has 0 bridgehead atoms. The number of hydrogen-bond acceptors (Lipinski definition) is 3. The fourth-order valence-electron chi connectivity index (χ4n) is 1.01. The average Bonchev–Trinajstić information content (AvgIpc) is 2.10. The Morgan fingerprint density at radius 1 is 1.67 bits per heavy atom. The van der Waals surface area contributed by atoms with Crippen molar-refractivity contribution in [2.75, 3.05) is 13.2 Å². The van der Waals surface area contributed by atoms with E-state index in [1.165, 1.54) is 0 Å². The summed E-state index contributed by atoms with van der Waals surface area (Å²) in [6.45, 7) is -0.137. The summed E-state index contributed by atoms with van der Waals surface area (Å²) in [6, 6.07) is -0.389. The largest absolute Gasteiger partial charge is 0.395 e. The van der Waals surface area contributed by atoms with Crippen LogP contribution in [-0.2, 0) is 0 Å². The molecule has 1 aliphatic heterocycles. The molecule has 1 fully saturated rings. The van der Waals surface area contributed by atoms with Crippen molar-refractivity contribution in [2.24, 2.45) is 0 Å². The highest BCUT2D eigenvalue weighted by molar-refractivity contribution is 4.79. The number of alkyl halides is 1. The van der Waals surface area contributed by atoms with E-state index in [0.29, 0.717) is 0 Å². The van der Waals surface area contributed by atoms with Crippen LogP contribution in [0.2, 0.25) is 0 Å². The van der Waals surface area contributed by atoms with Crippen LogP contribution in [0.3, 0.4) is 0 Å². The maximum absolute atomic E-state index is 12.3. The normalized spacial score (nSPS) is 37.7. The van der Waals surface area contributed by atoms with Crippen LogP contribution in [0.25, 0.3) is 0 Å². The molecule has 1 rings (SSSR count). The fourth-order valence-corrected chi connectivity index (χ4v) is 1.01. The highest BCUT2D eigenvalue weighted by Gasteiger charge is 2.30. The van der Waals surface area contributed by atoms with Crippen molar-refractivity contribution in [2.45, 2.75) is 18.6 Å². The van der Waals surface area contributed by atoms with Gasteiger partial charge < -0.3 is 10.3 Å². The zero-order valence-electron chi connectivity index (χ0n) is 5.00. The van der Waals surface area contributed by atoms with E-state index in [9.17, 15) is 4.39 Å². The summed E-state index contributed by atoms with van der Waals surface area (Å²) < 4.78 is 12.3. The summed E-state index contributed by atoms with van der Waals surface area (Å²) in [5.41, 5.74) is 0. The number of hydroxylamine groups is 2. The van der Waals surface area contributed by atoms with Gasteiger partial charge >= 0.3 is 0 Å². The zero-order valence-corrected chi connectivity index (χ0v) is 5.00. The zero-order chi connectivity index (χ0) is 6.85. The molecule has 0 spiro atoms. The minimum absolute atomic E-state index is 0.0330. The highest BCUT2D eigenvalue weighted by atomic mass is 19.1. The molecular formula is C5H10FNO2. The molecule has 0 amide bonds. The first kappa shape index (κ1) is 6.92. The molecule has 0 saturated carbocycles. The van der Waals surface area contributed by atoms with Gasteiger partial charge in [-0.15, -0.1) is 0 Å². The van der Waals surface area contributed by atoms with E-state index in [4.69, 9.17) is 10.3 Å². The minimum atomic E-state index is -0.979. The van der Waals surface area contributed by atoms with Gasteiger partial charge in [-0.1, -0.05) is 0 Å². The molecule has 3 nitrogen and oxygen atoms in total. The number of halogens is 1. The lowest BCUT2D eigenvalue weighted by Gasteiger charge is -2.12. The van der Waals surface area contributed by atoms with Gasteiger partial charge in [-0.2, -0.15) is 5.06 Å². The Bertz CT molecular complexity index is 101. The van der Waals surface area contributed by atoms with Gasteiger partial charge in [0.05, 0.1) is 19.2 Å². The van der Waals surface area contributed by atoms with Crippen LogP contribution in [0, 0.1) is 0 Å². The molecule has 0 aliphatic carbocycles. The second-order valence-electron chi connectivity index (χ2n) is 2.29. The third-order valence-corrected chi connectivity index (χ3v) is 1.55. The van der Waals surface area contributed by atoms with E-state index in [1.807, 2.05) is 0 Å². The quantitative estimate of drug-likeness (QED) is 0.522. The Kier molecular flexibility index (Phi) is 2.00. The maximum atomic E-state index is 12.3. The van der Waals surface area contributed by atoms with Crippen molar-refractivity contribution in [3.8, 4) is 0 Å². The van der Waals surface area contributed by atoms with E-state index in [1.54, 1.807) is 0 Å². The number of aliphatic hydroxyl groups excluding tert-OH is 1. The molecule has 1 heterocycles. The molecule has 0 aromatic heterocycles. The number of hydrogen-bond donors (Lipinski definition) is 2. The molecule has 1 unspecified atom stereocenters. The van der Waals surface area contributed by atoms with Crippen LogP contribution in [0.15, 0.2) is 0 Å². The predicted octanol–water partition coefficient (Wildman–Crippen LogP) is -0.220. The van der Waals surface area contributed by atoms with Gasteiger partial charge in [0.1, 0.15) is 6.17 Å². The lowest BCUT2D eigenvalue weighted by molar-refractivity contribution is -0.115. The Morgan fingerprint density at radius 2 is 2.33 bits per heavy atom. The summed E-state index contributed by atoms with van der Waals surface area (Å²) >= 11 is 0. The van der Waals surface area contributed by atoms with Gasteiger partial charge in [0.25, 0.3) is 0 Å². The molecular weight excluding hydrogens is 125 g/mol. The number of rotatable bonds is 1. The number of nitrogens with zero attached hydrogens (tertiary/aromatic N) is 1. The average molecular weight is 135 g/mol. The summed E-state index contributed by atoms with van der Waals surface area (Å²) in [5.74, 6) is 0. The van der Waals surface area contributed by atoms with E-state index in [-0.39, 0.29) is 25.6 Å². The van der Waals surface area contributed by atoms with Crippen LogP contribution in [0.5, 0.6) is 0 Å². The van der Waals surface area contributed by atoms with Gasteiger partial charge in [-0.3, -0.25) is 0 Å². The van der Waals surface area contributed by atoms with E-state index in [2.05, 4.69) is 0 Å². The van der Waals surface area contributed by atoms with Crippen molar-refractivity contribution in [1.82, 2.24) is 5.06 Å². The van der Waals surface area contributed by atoms with Crippen LogP contribution in [0.4, 0.5) is 4.39 Å². The molecule has 0 aromatic rings. The van der Waals surface area contributed by atoms with Gasteiger partial charge in [0, 0.05) is 0 Å². The minimum Gasteiger partial charge on any atom is -0.395 e. The maximum Gasteiger partial charge on any atom is 0.117 e. The van der Waals surface area contributed by atoms with Gasteiger partial charge in [-0.05, 0) is 6.42 Å². The van der Waals surface area contributed by atoms with Crippen molar-refractivity contribution >= 4 is 0 Å². The van der Waals surface area contributed by atoms with Crippen LogP contribution in [0.1, 0.15) is 6.42 Å². The Hall–Kier alpha value is -0.190. The van der Waals surface area contributed by atoms with Crippen LogP contribution in [-0.4, -0.2) is 40.7 Å². The van der Waals surface area contributed by atoms with Crippen molar-refractivity contribution in [3.05, 3.63) is 0 Å². The highest BCUT2D eigenvalue weighted by Crippen LogP contribution is 2.16. The smallest absolute Gasteiger partial charge is 0.117 e. The van der Waals surface area contributed by atoms with Crippen molar-refractivity contribution < 1.29 is 14.7 Å². The molecule has 0 radical (unpaired) electrons.